The molecule has 2 unspecified atom stereocenters. The molecule has 1 aromatic heterocycles. The minimum Gasteiger partial charge on any atom is -0.387 e. The van der Waals surface area contributed by atoms with E-state index in [1.807, 2.05) is 12.1 Å². The first-order valence-electron chi connectivity index (χ1n) is 6.10. The molecule has 5 nitrogen and oxygen atoms in total. The highest BCUT2D eigenvalue weighted by Gasteiger charge is 2.37. The van der Waals surface area contributed by atoms with Gasteiger partial charge in [0.15, 0.2) is 0 Å². The summed E-state index contributed by atoms with van der Waals surface area (Å²) in [4.78, 5) is 8.80. The van der Waals surface area contributed by atoms with Gasteiger partial charge in [0.25, 0.3) is 0 Å². The maximum Gasteiger partial charge on any atom is 0.129 e. The molecule has 4 rings (SSSR count). The summed E-state index contributed by atoms with van der Waals surface area (Å²) in [6.07, 6.45) is 1.12. The van der Waals surface area contributed by atoms with Crippen LogP contribution in [0.25, 0.3) is 0 Å². The Hall–Kier alpha value is -1.17. The molecule has 0 spiro atoms. The van der Waals surface area contributed by atoms with Crippen molar-refractivity contribution in [1.82, 2.24) is 14.8 Å². The van der Waals surface area contributed by atoms with Crippen molar-refractivity contribution in [2.24, 2.45) is 0 Å². The van der Waals surface area contributed by atoms with Crippen molar-refractivity contribution in [2.45, 2.75) is 12.1 Å². The lowest BCUT2D eigenvalue weighted by molar-refractivity contribution is -0.0468. The number of nitrogen functional groups attached to an aromatic ring is 1. The lowest BCUT2D eigenvalue weighted by Gasteiger charge is -2.49. The van der Waals surface area contributed by atoms with Crippen LogP contribution in [0.3, 0.4) is 0 Å². The van der Waals surface area contributed by atoms with Crippen molar-refractivity contribution in [2.75, 3.05) is 38.5 Å². The molecule has 3 N–H and O–H groups in total. The van der Waals surface area contributed by atoms with E-state index < -0.39 is 6.10 Å². The number of rotatable bonds is 2. The van der Waals surface area contributed by atoms with Gasteiger partial charge in [-0.05, 0) is 6.07 Å². The molecule has 17 heavy (non-hydrogen) atoms. The number of pyridine rings is 1. The number of aromatic nitrogens is 1. The highest BCUT2D eigenvalue weighted by atomic mass is 16.3. The zero-order valence-corrected chi connectivity index (χ0v) is 9.79. The Kier molecular flexibility index (Phi) is 2.74. The Morgan fingerprint density at radius 3 is 2.71 bits per heavy atom. The van der Waals surface area contributed by atoms with Gasteiger partial charge in [-0.25, -0.2) is 4.98 Å². The van der Waals surface area contributed by atoms with E-state index in [4.69, 9.17) is 5.73 Å². The van der Waals surface area contributed by atoms with Gasteiger partial charge in [0.05, 0.1) is 12.1 Å². The molecule has 0 saturated carbocycles. The molecule has 3 aliphatic rings. The lowest BCUT2D eigenvalue weighted by atomic mass is 9.97. The fourth-order valence-corrected chi connectivity index (χ4v) is 2.84. The topological polar surface area (TPSA) is 65.6 Å². The molecule has 1 aromatic rings. The Morgan fingerprint density at radius 2 is 2.12 bits per heavy atom. The van der Waals surface area contributed by atoms with Gasteiger partial charge in [-0.1, -0.05) is 6.07 Å². The van der Waals surface area contributed by atoms with E-state index in [9.17, 15) is 5.11 Å². The molecule has 0 aliphatic carbocycles. The average molecular weight is 234 g/mol. The normalized spacial score (nSPS) is 33.6. The predicted molar refractivity (Wildman–Crippen MR) is 65.4 cm³/mol. The Bertz CT molecular complexity index is 403. The average Bonchev–Trinajstić information content (AvgIpc) is 2.40. The van der Waals surface area contributed by atoms with Gasteiger partial charge >= 0.3 is 0 Å². The number of piperazine rings is 3. The van der Waals surface area contributed by atoms with Crippen molar-refractivity contribution >= 4 is 5.82 Å². The first-order chi connectivity index (χ1) is 8.25. The summed E-state index contributed by atoms with van der Waals surface area (Å²) in [5.74, 6) is 0.442. The van der Waals surface area contributed by atoms with Crippen molar-refractivity contribution < 1.29 is 5.11 Å². The van der Waals surface area contributed by atoms with Crippen LogP contribution >= 0.6 is 0 Å². The van der Waals surface area contributed by atoms with Gasteiger partial charge in [0.2, 0.25) is 0 Å². The van der Waals surface area contributed by atoms with Crippen LogP contribution in [0.15, 0.2) is 18.3 Å². The molecule has 3 aliphatic heterocycles. The molecule has 3 fully saturated rings. The highest BCUT2D eigenvalue weighted by Crippen LogP contribution is 2.29. The van der Waals surface area contributed by atoms with Crippen LogP contribution in [-0.2, 0) is 0 Å². The van der Waals surface area contributed by atoms with Crippen LogP contribution in [0.2, 0.25) is 0 Å². The maximum absolute atomic E-state index is 10.5. The maximum atomic E-state index is 10.5. The molecule has 4 heterocycles. The van der Waals surface area contributed by atoms with Crippen molar-refractivity contribution in [3.8, 4) is 0 Å². The number of hydrogen-bond donors (Lipinski definition) is 2. The standard InChI is InChI=1S/C12H18N4O/c13-12-9(2-1-3-14-12)11(17)10-8-15-4-6-16(10)7-5-15/h1-3,10-11,17H,4-8H2,(H2,13,14). The monoisotopic (exact) mass is 234 g/mol. The summed E-state index contributed by atoms with van der Waals surface area (Å²) in [6.45, 7) is 5.25. The van der Waals surface area contributed by atoms with Crippen molar-refractivity contribution in [1.29, 1.82) is 0 Å². The van der Waals surface area contributed by atoms with Gasteiger partial charge in [-0.3, -0.25) is 9.80 Å². The molecule has 92 valence electrons. The largest absolute Gasteiger partial charge is 0.387 e. The SMILES string of the molecule is Nc1ncccc1C(O)C1CN2CCN1CC2. The van der Waals surface area contributed by atoms with Crippen LogP contribution in [-0.4, -0.2) is 58.7 Å². The number of hydrogen-bond acceptors (Lipinski definition) is 5. The second-order valence-electron chi connectivity index (χ2n) is 4.83. The van der Waals surface area contributed by atoms with Gasteiger partial charge in [-0.15, -0.1) is 0 Å². The molecule has 5 heteroatoms. The lowest BCUT2D eigenvalue weighted by Crippen LogP contribution is -2.62. The van der Waals surface area contributed by atoms with Gasteiger partial charge in [0, 0.05) is 44.5 Å². The fourth-order valence-electron chi connectivity index (χ4n) is 2.84. The van der Waals surface area contributed by atoms with E-state index >= 15 is 0 Å². The third-order valence-corrected chi connectivity index (χ3v) is 3.88. The molecule has 2 bridgehead atoms. The molecule has 0 aromatic carbocycles. The zero-order valence-electron chi connectivity index (χ0n) is 9.79. The number of fused-ring (bicyclic) bond motifs is 3. The van der Waals surface area contributed by atoms with E-state index in [-0.39, 0.29) is 6.04 Å². The van der Waals surface area contributed by atoms with Crippen molar-refractivity contribution in [3.63, 3.8) is 0 Å². The minimum atomic E-state index is -0.535. The van der Waals surface area contributed by atoms with Gasteiger partial charge in [-0.2, -0.15) is 0 Å². The number of anilines is 1. The third-order valence-electron chi connectivity index (χ3n) is 3.88. The summed E-state index contributed by atoms with van der Waals surface area (Å²) in [5.41, 5.74) is 6.58. The Morgan fingerprint density at radius 1 is 1.35 bits per heavy atom. The van der Waals surface area contributed by atoms with E-state index in [1.54, 1.807) is 6.20 Å². The van der Waals surface area contributed by atoms with Crippen LogP contribution < -0.4 is 5.73 Å². The molecule has 0 radical (unpaired) electrons. The number of aliphatic hydroxyl groups is 1. The van der Waals surface area contributed by atoms with E-state index in [0.29, 0.717) is 5.82 Å². The number of aliphatic hydroxyl groups excluding tert-OH is 1. The molecular weight excluding hydrogens is 216 g/mol. The van der Waals surface area contributed by atoms with E-state index in [2.05, 4.69) is 14.8 Å². The van der Waals surface area contributed by atoms with Crippen LogP contribution in [0.5, 0.6) is 0 Å². The predicted octanol–water partition coefficient (Wildman–Crippen LogP) is -0.303. The molecular formula is C12H18N4O. The third kappa shape index (κ3) is 1.90. The summed E-state index contributed by atoms with van der Waals surface area (Å²) >= 11 is 0. The molecule has 3 saturated heterocycles. The highest BCUT2D eigenvalue weighted by molar-refractivity contribution is 5.40. The summed E-state index contributed by atoms with van der Waals surface area (Å²) in [6, 6.07) is 3.85. The first-order valence-corrected chi connectivity index (χ1v) is 6.10. The molecule has 0 amide bonds. The van der Waals surface area contributed by atoms with Crippen molar-refractivity contribution in [3.05, 3.63) is 23.9 Å². The summed E-state index contributed by atoms with van der Waals surface area (Å²) in [5, 5.41) is 10.5. The molecule has 2 atom stereocenters. The summed E-state index contributed by atoms with van der Waals surface area (Å²) in [7, 11) is 0. The Labute approximate surface area is 101 Å². The zero-order chi connectivity index (χ0) is 11.8. The smallest absolute Gasteiger partial charge is 0.129 e. The van der Waals surface area contributed by atoms with E-state index in [1.165, 1.54) is 0 Å². The second kappa shape index (κ2) is 4.25. The Balaban J connectivity index is 1.83. The second-order valence-corrected chi connectivity index (χ2v) is 4.83. The number of nitrogens with two attached hydrogens (primary N) is 1. The number of nitrogens with zero attached hydrogens (tertiary/aromatic N) is 3. The quantitative estimate of drug-likeness (QED) is 0.735. The van der Waals surface area contributed by atoms with Crippen LogP contribution in [0.4, 0.5) is 5.82 Å². The van der Waals surface area contributed by atoms with Crippen LogP contribution in [0.1, 0.15) is 11.7 Å². The van der Waals surface area contributed by atoms with Crippen LogP contribution in [0, 0.1) is 0 Å². The fraction of sp³-hybridized carbons (Fsp3) is 0.583. The minimum absolute atomic E-state index is 0.156. The first kappa shape index (κ1) is 11.0. The van der Waals surface area contributed by atoms with Gasteiger partial charge < -0.3 is 10.8 Å². The summed E-state index contributed by atoms with van der Waals surface area (Å²) < 4.78 is 0. The van der Waals surface area contributed by atoms with E-state index in [0.717, 1.165) is 38.3 Å². The van der Waals surface area contributed by atoms with Gasteiger partial charge in [0.1, 0.15) is 5.82 Å².